The van der Waals surface area contributed by atoms with Gasteiger partial charge in [-0.15, -0.1) is 0 Å². The van der Waals surface area contributed by atoms with Crippen LogP contribution in [0.2, 0.25) is 0 Å². The number of piperidine rings is 1. The quantitative estimate of drug-likeness (QED) is 0.645. The number of benzene rings is 1. The van der Waals surface area contributed by atoms with Crippen LogP contribution in [0.4, 0.5) is 10.3 Å². The lowest BCUT2D eigenvalue weighted by molar-refractivity contribution is 0.0705. The van der Waals surface area contributed by atoms with E-state index in [-0.39, 0.29) is 17.6 Å². The summed E-state index contributed by atoms with van der Waals surface area (Å²) >= 11 is 0. The second-order valence-corrected chi connectivity index (χ2v) is 8.24. The number of aromatic nitrogens is 4. The van der Waals surface area contributed by atoms with Gasteiger partial charge >= 0.3 is 0 Å². The minimum Gasteiger partial charge on any atom is -0.347 e. The lowest BCUT2D eigenvalue weighted by Crippen LogP contribution is -2.39. The fourth-order valence-electron chi connectivity index (χ4n) is 4.16. The highest BCUT2D eigenvalue weighted by atomic mass is 19.1. The van der Waals surface area contributed by atoms with Crippen molar-refractivity contribution in [2.75, 3.05) is 32.1 Å². The zero-order valence-electron chi connectivity index (χ0n) is 18.3. The Bertz CT molecular complexity index is 1110. The highest BCUT2D eigenvalue weighted by Crippen LogP contribution is 2.35. The summed E-state index contributed by atoms with van der Waals surface area (Å²) in [7, 11) is 5.57. The Kier molecular flexibility index (Phi) is 5.71. The number of nitrogens with zero attached hydrogens (tertiary/aromatic N) is 6. The zero-order valence-corrected chi connectivity index (χ0v) is 18.3. The predicted molar refractivity (Wildman–Crippen MR) is 118 cm³/mol. The van der Waals surface area contributed by atoms with E-state index in [2.05, 4.69) is 10.1 Å². The average molecular weight is 423 g/mol. The van der Waals surface area contributed by atoms with E-state index in [0.717, 1.165) is 24.2 Å². The van der Waals surface area contributed by atoms with E-state index in [4.69, 9.17) is 4.98 Å². The Balaban J connectivity index is 1.70. The predicted octanol–water partition coefficient (Wildman–Crippen LogP) is 3.41. The van der Waals surface area contributed by atoms with Crippen molar-refractivity contribution in [2.24, 2.45) is 7.05 Å². The van der Waals surface area contributed by atoms with Gasteiger partial charge in [-0.1, -0.05) is 18.2 Å². The third kappa shape index (κ3) is 4.15. The Hall–Kier alpha value is -3.29. The Labute approximate surface area is 181 Å². The lowest BCUT2D eigenvalue weighted by Gasteiger charge is -2.33. The van der Waals surface area contributed by atoms with E-state index in [1.165, 1.54) is 6.07 Å². The molecule has 0 bridgehead atoms. The van der Waals surface area contributed by atoms with Gasteiger partial charge in [-0.3, -0.25) is 9.48 Å². The molecule has 1 amide bonds. The summed E-state index contributed by atoms with van der Waals surface area (Å²) in [6.07, 6.45) is 5.19. The van der Waals surface area contributed by atoms with E-state index < -0.39 is 0 Å². The molecule has 4 rings (SSSR count). The second-order valence-electron chi connectivity index (χ2n) is 8.24. The number of hydrogen-bond acceptors (Lipinski definition) is 5. The molecule has 3 heterocycles. The standard InChI is InChI=1S/C23H27FN6O/c1-15-19(14-29(4)27-15)22(31)30-11-7-8-16(13-30)21-18(12-25-23(26-21)28(2)3)17-9-5-6-10-20(17)24/h5-6,9-10,12,14,16H,7-8,11,13H2,1-4H3. The summed E-state index contributed by atoms with van der Waals surface area (Å²) in [5, 5.41) is 4.30. The molecule has 162 valence electrons. The Morgan fingerprint density at radius 2 is 2.00 bits per heavy atom. The molecule has 1 aromatic carbocycles. The van der Waals surface area contributed by atoms with Crippen molar-refractivity contribution < 1.29 is 9.18 Å². The van der Waals surface area contributed by atoms with Gasteiger partial charge in [-0.05, 0) is 25.8 Å². The van der Waals surface area contributed by atoms with Crippen molar-refractivity contribution in [1.82, 2.24) is 24.6 Å². The van der Waals surface area contributed by atoms with Gasteiger partial charge in [-0.2, -0.15) is 5.10 Å². The van der Waals surface area contributed by atoms with Crippen LogP contribution in [0, 0.1) is 12.7 Å². The van der Waals surface area contributed by atoms with Crippen molar-refractivity contribution in [2.45, 2.75) is 25.7 Å². The molecule has 31 heavy (non-hydrogen) atoms. The van der Waals surface area contributed by atoms with Crippen LogP contribution in [-0.2, 0) is 7.05 Å². The summed E-state index contributed by atoms with van der Waals surface area (Å²) < 4.78 is 16.3. The molecular weight excluding hydrogens is 395 g/mol. The molecule has 1 fully saturated rings. The normalized spacial score (nSPS) is 16.4. The van der Waals surface area contributed by atoms with E-state index in [9.17, 15) is 9.18 Å². The molecule has 1 aliphatic rings. The van der Waals surface area contributed by atoms with Crippen LogP contribution in [0.15, 0.2) is 36.7 Å². The fourth-order valence-corrected chi connectivity index (χ4v) is 4.16. The van der Waals surface area contributed by atoms with Gasteiger partial charge in [0.1, 0.15) is 5.82 Å². The van der Waals surface area contributed by atoms with Gasteiger partial charge in [0.15, 0.2) is 0 Å². The molecule has 0 aliphatic carbocycles. The monoisotopic (exact) mass is 422 g/mol. The highest BCUT2D eigenvalue weighted by molar-refractivity contribution is 5.95. The lowest BCUT2D eigenvalue weighted by atomic mass is 9.89. The minimum atomic E-state index is -0.306. The molecule has 8 heteroatoms. The van der Waals surface area contributed by atoms with Crippen LogP contribution in [0.5, 0.6) is 0 Å². The molecule has 1 aliphatic heterocycles. The second kappa shape index (κ2) is 8.45. The summed E-state index contributed by atoms with van der Waals surface area (Å²) in [5.41, 5.74) is 3.28. The number of anilines is 1. The smallest absolute Gasteiger partial charge is 0.257 e. The van der Waals surface area contributed by atoms with Crippen LogP contribution in [0.3, 0.4) is 0 Å². The number of likely N-dealkylation sites (tertiary alicyclic amines) is 1. The van der Waals surface area contributed by atoms with Crippen molar-refractivity contribution in [3.05, 3.63) is 59.4 Å². The Morgan fingerprint density at radius 3 is 2.68 bits per heavy atom. The maximum atomic E-state index is 14.6. The van der Waals surface area contributed by atoms with Crippen molar-refractivity contribution in [3.63, 3.8) is 0 Å². The summed E-state index contributed by atoms with van der Waals surface area (Å²) in [6.45, 7) is 3.06. The number of aryl methyl sites for hydroxylation is 2. The molecule has 3 aromatic rings. The summed E-state index contributed by atoms with van der Waals surface area (Å²) in [6, 6.07) is 6.67. The van der Waals surface area contributed by atoms with E-state index in [0.29, 0.717) is 35.7 Å². The first-order valence-corrected chi connectivity index (χ1v) is 10.4. The summed E-state index contributed by atoms with van der Waals surface area (Å²) in [4.78, 5) is 26.1. The number of hydrogen-bond donors (Lipinski definition) is 0. The van der Waals surface area contributed by atoms with Gasteiger partial charge in [0.05, 0.1) is 17.0 Å². The van der Waals surface area contributed by atoms with Crippen LogP contribution in [0.1, 0.15) is 40.5 Å². The first kappa shape index (κ1) is 21.0. The molecule has 7 nitrogen and oxygen atoms in total. The first-order chi connectivity index (χ1) is 14.8. The summed E-state index contributed by atoms with van der Waals surface area (Å²) in [5.74, 6) is 0.233. The molecule has 0 radical (unpaired) electrons. The number of carbonyl (C=O) groups excluding carboxylic acids is 1. The topological polar surface area (TPSA) is 67.2 Å². The fraction of sp³-hybridized carbons (Fsp3) is 0.391. The maximum absolute atomic E-state index is 14.6. The van der Waals surface area contributed by atoms with E-state index in [1.54, 1.807) is 29.2 Å². The van der Waals surface area contributed by atoms with Crippen molar-refractivity contribution in [3.8, 4) is 11.1 Å². The molecule has 0 N–H and O–H groups in total. The molecule has 1 atom stereocenters. The van der Waals surface area contributed by atoms with E-state index >= 15 is 0 Å². The minimum absolute atomic E-state index is 0.00835. The highest BCUT2D eigenvalue weighted by Gasteiger charge is 2.30. The molecule has 1 saturated heterocycles. The van der Waals surface area contributed by atoms with Crippen LogP contribution in [-0.4, -0.2) is 57.7 Å². The SMILES string of the molecule is Cc1nn(C)cc1C(=O)N1CCCC(c2nc(N(C)C)ncc2-c2ccccc2F)C1. The van der Waals surface area contributed by atoms with Crippen molar-refractivity contribution in [1.29, 1.82) is 0 Å². The maximum Gasteiger partial charge on any atom is 0.257 e. The first-order valence-electron chi connectivity index (χ1n) is 10.4. The van der Waals surface area contributed by atoms with E-state index in [1.807, 2.05) is 43.9 Å². The number of amides is 1. The van der Waals surface area contributed by atoms with Gasteiger partial charge in [-0.25, -0.2) is 14.4 Å². The molecule has 0 spiro atoms. The molecular formula is C23H27FN6O. The van der Waals surface area contributed by atoms with Gasteiger partial charge in [0, 0.05) is 63.7 Å². The third-order valence-corrected chi connectivity index (χ3v) is 5.71. The number of carbonyl (C=O) groups is 1. The molecule has 1 unspecified atom stereocenters. The largest absolute Gasteiger partial charge is 0.347 e. The van der Waals surface area contributed by atoms with Crippen LogP contribution in [0.25, 0.3) is 11.1 Å². The van der Waals surface area contributed by atoms with Crippen LogP contribution >= 0.6 is 0 Å². The van der Waals surface area contributed by atoms with Gasteiger partial charge < -0.3 is 9.80 Å². The number of rotatable bonds is 4. The van der Waals surface area contributed by atoms with Crippen LogP contribution < -0.4 is 4.90 Å². The third-order valence-electron chi connectivity index (χ3n) is 5.71. The van der Waals surface area contributed by atoms with Gasteiger partial charge in [0.25, 0.3) is 5.91 Å². The molecule has 0 saturated carbocycles. The number of halogens is 1. The Morgan fingerprint density at radius 1 is 1.23 bits per heavy atom. The van der Waals surface area contributed by atoms with Gasteiger partial charge in [0.2, 0.25) is 5.95 Å². The average Bonchev–Trinajstić information content (AvgIpc) is 3.11. The zero-order chi connectivity index (χ0) is 22.1. The molecule has 2 aromatic heterocycles. The van der Waals surface area contributed by atoms with Crippen molar-refractivity contribution >= 4 is 11.9 Å².